The van der Waals surface area contributed by atoms with Crippen molar-refractivity contribution in [2.24, 2.45) is 0 Å². The van der Waals surface area contributed by atoms with Gasteiger partial charge in [0.1, 0.15) is 12.4 Å². The maximum absolute atomic E-state index is 11.5. The average Bonchev–Trinajstić information content (AvgIpc) is 2.71. The van der Waals surface area contributed by atoms with E-state index >= 15 is 0 Å². The average molecular weight is 452 g/mol. The van der Waals surface area contributed by atoms with Crippen LogP contribution in [0.3, 0.4) is 0 Å². The third-order valence-corrected chi connectivity index (χ3v) is 5.31. The highest BCUT2D eigenvalue weighted by molar-refractivity contribution is 7.92. The Morgan fingerprint density at radius 1 is 0.903 bits per heavy atom. The minimum Gasteiger partial charge on any atom is -0.493 e. The maximum Gasteiger partial charge on any atom is 0.229 e. The summed E-state index contributed by atoms with van der Waals surface area (Å²) in [5, 5.41) is 0. The molecule has 0 fully saturated rings. The van der Waals surface area contributed by atoms with E-state index in [4.69, 9.17) is 14.2 Å². The third kappa shape index (κ3) is 7.84. The standard InChI is InChI=1S/C22H33N3O5S/c1-24(2)19-16-18(23-31(6,26)27)8-10-20(19)30-14-13-25(3)12-11-17-7-9-21(28-4)22(15-17)29-5/h7-10,15-16,23H,11-14H2,1-6H3. The van der Waals surface area contributed by atoms with Gasteiger partial charge in [0.2, 0.25) is 10.0 Å². The Kier molecular flexibility index (Phi) is 8.82. The highest BCUT2D eigenvalue weighted by atomic mass is 32.2. The molecule has 0 heterocycles. The van der Waals surface area contributed by atoms with E-state index in [-0.39, 0.29) is 0 Å². The first-order valence-corrected chi connectivity index (χ1v) is 11.8. The third-order valence-electron chi connectivity index (χ3n) is 4.70. The van der Waals surface area contributed by atoms with Crippen LogP contribution in [0.25, 0.3) is 0 Å². The van der Waals surface area contributed by atoms with E-state index in [1.54, 1.807) is 32.4 Å². The van der Waals surface area contributed by atoms with Gasteiger partial charge in [-0.15, -0.1) is 0 Å². The van der Waals surface area contributed by atoms with Crippen LogP contribution in [-0.4, -0.2) is 74.6 Å². The molecule has 0 unspecified atom stereocenters. The van der Waals surface area contributed by atoms with E-state index in [1.165, 1.54) is 5.56 Å². The van der Waals surface area contributed by atoms with E-state index in [2.05, 4.69) is 16.7 Å². The van der Waals surface area contributed by atoms with Crippen molar-refractivity contribution in [3.05, 3.63) is 42.0 Å². The van der Waals surface area contributed by atoms with Gasteiger partial charge in [-0.05, 0) is 49.4 Å². The summed E-state index contributed by atoms with van der Waals surface area (Å²) >= 11 is 0. The van der Waals surface area contributed by atoms with Crippen LogP contribution < -0.4 is 23.8 Å². The van der Waals surface area contributed by atoms with Crippen LogP contribution in [0.5, 0.6) is 17.2 Å². The zero-order chi connectivity index (χ0) is 23.0. The van der Waals surface area contributed by atoms with Crippen molar-refractivity contribution in [1.82, 2.24) is 4.90 Å². The zero-order valence-corrected chi connectivity index (χ0v) is 20.0. The molecular weight excluding hydrogens is 418 g/mol. The van der Waals surface area contributed by atoms with Gasteiger partial charge < -0.3 is 24.0 Å². The fourth-order valence-electron chi connectivity index (χ4n) is 3.05. The number of sulfonamides is 1. The van der Waals surface area contributed by atoms with Gasteiger partial charge in [-0.2, -0.15) is 0 Å². The summed E-state index contributed by atoms with van der Waals surface area (Å²) in [6.07, 6.45) is 2.01. The maximum atomic E-state index is 11.5. The van der Waals surface area contributed by atoms with Crippen LogP contribution >= 0.6 is 0 Å². The van der Waals surface area contributed by atoms with E-state index in [0.717, 1.165) is 43.0 Å². The van der Waals surface area contributed by atoms with E-state index in [9.17, 15) is 8.42 Å². The van der Waals surface area contributed by atoms with Gasteiger partial charge in [-0.3, -0.25) is 4.72 Å². The van der Waals surface area contributed by atoms with Gasteiger partial charge in [0.05, 0.1) is 31.9 Å². The summed E-state index contributed by atoms with van der Waals surface area (Å²) in [5.74, 6) is 2.16. The predicted octanol–water partition coefficient (Wildman–Crippen LogP) is 2.69. The lowest BCUT2D eigenvalue weighted by atomic mass is 10.1. The molecule has 9 heteroatoms. The molecule has 0 atom stereocenters. The number of nitrogens with one attached hydrogen (secondary N) is 1. The summed E-state index contributed by atoms with van der Waals surface area (Å²) in [6.45, 7) is 2.14. The fraction of sp³-hybridized carbons (Fsp3) is 0.455. The van der Waals surface area contributed by atoms with Gasteiger partial charge in [-0.25, -0.2) is 8.42 Å². The topological polar surface area (TPSA) is 80.3 Å². The number of hydrogen-bond acceptors (Lipinski definition) is 7. The molecule has 2 aromatic rings. The SMILES string of the molecule is COc1ccc(CCN(C)CCOc2ccc(NS(C)(=O)=O)cc2N(C)C)cc1OC. The number of nitrogens with zero attached hydrogens (tertiary/aromatic N) is 2. The van der Waals surface area contributed by atoms with Crippen LogP contribution in [0, 0.1) is 0 Å². The Labute approximate surface area is 185 Å². The lowest BCUT2D eigenvalue weighted by Crippen LogP contribution is -2.26. The summed E-state index contributed by atoms with van der Waals surface area (Å²) in [7, 11) is 5.77. The molecule has 0 aliphatic carbocycles. The van der Waals surface area contributed by atoms with Crippen molar-refractivity contribution in [2.45, 2.75) is 6.42 Å². The lowest BCUT2D eigenvalue weighted by molar-refractivity contribution is 0.239. The second-order valence-corrected chi connectivity index (χ2v) is 9.29. The van der Waals surface area contributed by atoms with Gasteiger partial charge in [0, 0.05) is 27.2 Å². The number of benzene rings is 2. The lowest BCUT2D eigenvalue weighted by Gasteiger charge is -2.21. The van der Waals surface area contributed by atoms with Crippen molar-refractivity contribution in [1.29, 1.82) is 0 Å². The summed E-state index contributed by atoms with van der Waals surface area (Å²) < 4.78 is 42.1. The van der Waals surface area contributed by atoms with Crippen LogP contribution in [0.15, 0.2) is 36.4 Å². The molecule has 0 aliphatic rings. The van der Waals surface area contributed by atoms with E-state index in [1.807, 2.05) is 37.2 Å². The second kappa shape index (κ2) is 11.1. The Morgan fingerprint density at radius 2 is 1.58 bits per heavy atom. The second-order valence-electron chi connectivity index (χ2n) is 7.54. The molecule has 0 radical (unpaired) electrons. The molecule has 2 rings (SSSR count). The minimum atomic E-state index is -3.33. The zero-order valence-electron chi connectivity index (χ0n) is 19.1. The quantitative estimate of drug-likeness (QED) is 0.531. The van der Waals surface area contributed by atoms with Crippen LogP contribution in [0.4, 0.5) is 11.4 Å². The molecule has 172 valence electrons. The van der Waals surface area contributed by atoms with Crippen molar-refractivity contribution < 1.29 is 22.6 Å². The fourth-order valence-corrected chi connectivity index (χ4v) is 3.60. The molecule has 0 aliphatic heterocycles. The highest BCUT2D eigenvalue weighted by Gasteiger charge is 2.11. The smallest absolute Gasteiger partial charge is 0.229 e. The van der Waals surface area contributed by atoms with Crippen molar-refractivity contribution in [3.8, 4) is 17.2 Å². The van der Waals surface area contributed by atoms with Crippen molar-refractivity contribution in [2.75, 3.05) is 70.9 Å². The molecule has 1 N–H and O–H groups in total. The highest BCUT2D eigenvalue weighted by Crippen LogP contribution is 2.31. The number of rotatable bonds is 12. The molecule has 8 nitrogen and oxygen atoms in total. The Hall–Kier alpha value is -2.65. The minimum absolute atomic E-state index is 0.505. The molecule has 31 heavy (non-hydrogen) atoms. The molecule has 0 bridgehead atoms. The first-order chi connectivity index (χ1) is 14.6. The van der Waals surface area contributed by atoms with Gasteiger partial charge >= 0.3 is 0 Å². The monoisotopic (exact) mass is 451 g/mol. The molecule has 0 aromatic heterocycles. The summed E-state index contributed by atoms with van der Waals surface area (Å²) in [4.78, 5) is 4.09. The summed E-state index contributed by atoms with van der Waals surface area (Å²) in [6, 6.07) is 11.2. The first kappa shape index (κ1) is 24.6. The number of ether oxygens (including phenoxy) is 3. The van der Waals surface area contributed by atoms with Crippen molar-refractivity contribution >= 4 is 21.4 Å². The predicted molar refractivity (Wildman–Crippen MR) is 125 cm³/mol. The van der Waals surface area contributed by atoms with E-state index < -0.39 is 10.0 Å². The molecule has 0 spiro atoms. The van der Waals surface area contributed by atoms with Crippen LogP contribution in [0.2, 0.25) is 0 Å². The first-order valence-electron chi connectivity index (χ1n) is 9.94. The molecular formula is C22H33N3O5S. The number of hydrogen-bond donors (Lipinski definition) is 1. The molecule has 2 aromatic carbocycles. The Morgan fingerprint density at radius 3 is 2.19 bits per heavy atom. The number of methoxy groups -OCH3 is 2. The molecule has 0 saturated heterocycles. The van der Waals surface area contributed by atoms with Crippen LogP contribution in [-0.2, 0) is 16.4 Å². The largest absolute Gasteiger partial charge is 0.493 e. The summed E-state index contributed by atoms with van der Waals surface area (Å²) in [5.41, 5.74) is 2.49. The van der Waals surface area contributed by atoms with Gasteiger partial charge in [-0.1, -0.05) is 6.07 Å². The van der Waals surface area contributed by atoms with Gasteiger partial charge in [0.25, 0.3) is 0 Å². The molecule has 0 saturated carbocycles. The Balaban J connectivity index is 1.89. The number of anilines is 2. The van der Waals surface area contributed by atoms with Gasteiger partial charge in [0.15, 0.2) is 11.5 Å². The van der Waals surface area contributed by atoms with E-state index in [0.29, 0.717) is 18.0 Å². The van der Waals surface area contributed by atoms with Crippen LogP contribution in [0.1, 0.15) is 5.56 Å². The normalized spacial score (nSPS) is 11.3. The molecule has 0 amide bonds. The van der Waals surface area contributed by atoms with Crippen molar-refractivity contribution in [3.63, 3.8) is 0 Å². The Bertz CT molecular complexity index is 964. The number of likely N-dealkylation sites (N-methyl/N-ethyl adjacent to an activating group) is 1.